The Kier molecular flexibility index (Phi) is 16.2. The molecule has 0 unspecified atom stereocenters. The lowest BCUT2D eigenvalue weighted by Crippen LogP contribution is -2.43. The van der Waals surface area contributed by atoms with E-state index in [1.54, 1.807) is 47.5 Å². The summed E-state index contributed by atoms with van der Waals surface area (Å²) < 4.78 is 24.3. The molecule has 0 radical (unpaired) electrons. The maximum Gasteiger partial charge on any atom is 0.333 e. The molecule has 1 fully saturated rings. The van der Waals surface area contributed by atoms with E-state index in [-0.39, 0.29) is 75.6 Å². The number of carbonyl (C=O) groups excluding carboxylic acids is 9. The molecule has 0 saturated carbocycles. The number of hydroxylamine groups is 2. The molecule has 81 heavy (non-hydrogen) atoms. The van der Waals surface area contributed by atoms with Crippen LogP contribution < -0.4 is 55.3 Å². The van der Waals surface area contributed by atoms with Gasteiger partial charge in [-0.15, -0.1) is 5.06 Å². The number of hydrogen-bond acceptors (Lipinski definition) is 16. The van der Waals surface area contributed by atoms with E-state index in [9.17, 15) is 43.2 Å². The standard InChI is InChI=1S/C58H57N9O14/c1-77-46-22-40-42(59-26-38-20-35-9-3-5-11-44(35)65(38)57(40)75)24-48(46)79-31-33-17-34(32-80-49-25-43-41(23-47(49)78-2)58(76)66-39(27-60-43)21-36-10-4-6-12-45(36)66)19-37(18-33)64-53(71)30-63-52(70)29-62-51(69)28-61-50(68)13-7-8-14-56(74)81-67-54(72)15-16-55(67)73/h3-6,9-12,17-19,22-26,38-39,60H,7-8,13-16,20-21,27-32H2,1-2H3,(H,61,68)(H,62,69)(H,63,70)(H,64,71)/t38-,39-/m0/s1. The molecule has 5 aromatic rings. The van der Waals surface area contributed by atoms with Crippen molar-refractivity contribution in [3.05, 3.63) is 124 Å². The third-order valence-electron chi connectivity index (χ3n) is 14.2. The normalized spacial score (nSPS) is 16.3. The maximum absolute atomic E-state index is 14.1. The van der Waals surface area contributed by atoms with E-state index in [0.717, 1.165) is 22.5 Å². The molecule has 8 amide bonds. The van der Waals surface area contributed by atoms with Crippen LogP contribution in [0.3, 0.4) is 0 Å². The van der Waals surface area contributed by atoms with Gasteiger partial charge in [0.1, 0.15) is 13.2 Å². The summed E-state index contributed by atoms with van der Waals surface area (Å²) >= 11 is 0. The maximum atomic E-state index is 14.1. The minimum absolute atomic E-state index is 0.0256. The number of carbonyl (C=O) groups is 9. The second-order valence-electron chi connectivity index (χ2n) is 19.7. The zero-order chi connectivity index (χ0) is 56.7. The van der Waals surface area contributed by atoms with Crippen molar-refractivity contribution in [3.63, 3.8) is 0 Å². The van der Waals surface area contributed by atoms with E-state index < -0.39 is 61.0 Å². The van der Waals surface area contributed by atoms with Gasteiger partial charge in [0.05, 0.1) is 68.4 Å². The largest absolute Gasteiger partial charge is 0.493 e. The van der Waals surface area contributed by atoms with Crippen LogP contribution in [0.4, 0.5) is 28.4 Å². The number of methoxy groups -OCH3 is 2. The SMILES string of the molecule is COc1cc2c(cc1OCc1cc(COc3cc4c(cc3OC)C(=O)N3c5ccccc5C[C@H]3CN4)cc(NC(=O)CNC(=O)CNC(=O)CNC(=O)CCCCC(=O)ON3C(=O)CCC3=O)c1)N=C[C@@H]1Cc3ccccc3N1C2=O. The topological polar surface area (TPSA) is 282 Å². The summed E-state index contributed by atoms with van der Waals surface area (Å²) in [5.74, 6) is -3.53. The fourth-order valence-electron chi connectivity index (χ4n) is 10.2. The highest BCUT2D eigenvalue weighted by Crippen LogP contribution is 2.43. The van der Waals surface area contributed by atoms with E-state index in [2.05, 4.69) is 26.6 Å². The lowest BCUT2D eigenvalue weighted by atomic mass is 10.1. The van der Waals surface area contributed by atoms with E-state index >= 15 is 0 Å². The van der Waals surface area contributed by atoms with Gasteiger partial charge in [-0.2, -0.15) is 0 Å². The van der Waals surface area contributed by atoms with Crippen molar-refractivity contribution in [2.45, 2.75) is 76.7 Å². The predicted molar refractivity (Wildman–Crippen MR) is 293 cm³/mol. The van der Waals surface area contributed by atoms with Gasteiger partial charge in [0.15, 0.2) is 23.0 Å². The Balaban J connectivity index is 0.774. The van der Waals surface area contributed by atoms with Crippen LogP contribution in [0.5, 0.6) is 23.0 Å². The first-order valence-corrected chi connectivity index (χ1v) is 26.3. The van der Waals surface area contributed by atoms with E-state index in [1.807, 2.05) is 59.5 Å². The van der Waals surface area contributed by atoms with Gasteiger partial charge in [0.25, 0.3) is 23.6 Å². The van der Waals surface area contributed by atoms with Crippen molar-refractivity contribution in [2.24, 2.45) is 4.99 Å². The lowest BCUT2D eigenvalue weighted by molar-refractivity contribution is -0.197. The van der Waals surface area contributed by atoms with Gasteiger partial charge >= 0.3 is 5.97 Å². The highest BCUT2D eigenvalue weighted by molar-refractivity contribution is 6.15. The Hall–Kier alpha value is -9.80. The van der Waals surface area contributed by atoms with Gasteiger partial charge in [-0.1, -0.05) is 36.4 Å². The third-order valence-corrected chi connectivity index (χ3v) is 14.2. The summed E-state index contributed by atoms with van der Waals surface area (Å²) in [5.41, 5.74) is 7.11. The van der Waals surface area contributed by atoms with Crippen LogP contribution in [0.25, 0.3) is 0 Å². The molecule has 418 valence electrons. The van der Waals surface area contributed by atoms with Gasteiger partial charge < -0.3 is 55.3 Å². The van der Waals surface area contributed by atoms with Crippen molar-refractivity contribution >= 4 is 87.9 Å². The summed E-state index contributed by atoms with van der Waals surface area (Å²) in [6.07, 6.45) is 3.37. The number of nitrogens with zero attached hydrogens (tertiary/aromatic N) is 4. The van der Waals surface area contributed by atoms with Crippen LogP contribution in [0.1, 0.15) is 81.5 Å². The fraction of sp³-hybridized carbons (Fsp3) is 0.310. The first-order valence-electron chi connectivity index (χ1n) is 26.3. The number of unbranched alkanes of at least 4 members (excludes halogenated alkanes) is 1. The molecule has 23 heteroatoms. The van der Waals surface area contributed by atoms with Crippen LogP contribution in [0, 0.1) is 0 Å². The Bertz CT molecular complexity index is 3400. The molecule has 5 N–H and O–H groups in total. The van der Waals surface area contributed by atoms with Gasteiger partial charge in [-0.05, 0) is 84.0 Å². The summed E-state index contributed by atoms with van der Waals surface area (Å²) in [6, 6.07) is 27.1. The molecule has 0 bridgehead atoms. The molecule has 5 aromatic carbocycles. The highest BCUT2D eigenvalue weighted by Gasteiger charge is 2.39. The Morgan fingerprint density at radius 1 is 0.617 bits per heavy atom. The minimum Gasteiger partial charge on any atom is -0.493 e. The second kappa shape index (κ2) is 24.1. The number of anilines is 4. The summed E-state index contributed by atoms with van der Waals surface area (Å²) in [6.45, 7) is -1.00. The molecular formula is C58H57N9O14. The summed E-state index contributed by atoms with van der Waals surface area (Å²) in [5, 5.41) is 14.0. The van der Waals surface area contributed by atoms with E-state index in [0.29, 0.717) is 86.8 Å². The highest BCUT2D eigenvalue weighted by atomic mass is 16.7. The predicted octanol–water partition coefficient (Wildman–Crippen LogP) is 4.60. The zero-order valence-electron chi connectivity index (χ0n) is 44.3. The average molecular weight is 1100 g/mol. The molecule has 5 aliphatic heterocycles. The smallest absolute Gasteiger partial charge is 0.333 e. The molecule has 23 nitrogen and oxygen atoms in total. The number of ether oxygens (including phenoxy) is 4. The van der Waals surface area contributed by atoms with Gasteiger partial charge in [0, 0.05) is 74.1 Å². The van der Waals surface area contributed by atoms with Crippen molar-refractivity contribution in [3.8, 4) is 23.0 Å². The van der Waals surface area contributed by atoms with Crippen LogP contribution >= 0.6 is 0 Å². The number of amides is 8. The Labute approximate surface area is 464 Å². The Morgan fingerprint density at radius 2 is 1.19 bits per heavy atom. The van der Waals surface area contributed by atoms with Gasteiger partial charge in [-0.3, -0.25) is 48.2 Å². The molecule has 0 aromatic heterocycles. The Morgan fingerprint density at radius 3 is 1.85 bits per heavy atom. The zero-order valence-corrected chi connectivity index (χ0v) is 44.3. The molecule has 0 aliphatic carbocycles. The molecule has 5 heterocycles. The first-order chi connectivity index (χ1) is 39.2. The number of nitrogens with one attached hydrogen (secondary N) is 5. The monoisotopic (exact) mass is 1100 g/mol. The number of imide groups is 1. The summed E-state index contributed by atoms with van der Waals surface area (Å²) in [4.78, 5) is 127. The quantitative estimate of drug-likeness (QED) is 0.0496. The first kappa shape index (κ1) is 54.6. The van der Waals surface area contributed by atoms with E-state index in [1.165, 1.54) is 14.2 Å². The minimum atomic E-state index is -0.782. The molecule has 2 atom stereocenters. The number of para-hydroxylation sites is 2. The van der Waals surface area contributed by atoms with Crippen LogP contribution in [0.15, 0.2) is 96.0 Å². The third kappa shape index (κ3) is 12.3. The number of aliphatic imine (C=N–C) groups is 1. The molecule has 5 aliphatic rings. The molecule has 10 rings (SSSR count). The van der Waals surface area contributed by atoms with Gasteiger partial charge in [-0.25, -0.2) is 4.79 Å². The molecular weight excluding hydrogens is 1050 g/mol. The van der Waals surface area contributed by atoms with Crippen molar-refractivity contribution < 1.29 is 66.9 Å². The fourth-order valence-corrected chi connectivity index (χ4v) is 10.2. The number of rotatable bonds is 21. The molecule has 0 spiro atoms. The number of hydrogen-bond donors (Lipinski definition) is 5. The van der Waals surface area contributed by atoms with Crippen LogP contribution in [-0.2, 0) is 64.5 Å². The van der Waals surface area contributed by atoms with Crippen LogP contribution in [-0.4, -0.2) is 117 Å². The molecule has 1 saturated heterocycles. The van der Waals surface area contributed by atoms with Gasteiger partial charge in [0.2, 0.25) is 23.6 Å². The van der Waals surface area contributed by atoms with Crippen LogP contribution in [0.2, 0.25) is 0 Å². The lowest BCUT2D eigenvalue weighted by Gasteiger charge is -2.22. The van der Waals surface area contributed by atoms with Crippen molar-refractivity contribution in [1.82, 2.24) is 21.0 Å². The number of benzene rings is 5. The average Bonchev–Trinajstić information content (AvgIpc) is 4.00. The number of fused-ring (bicyclic) bond motifs is 8. The van der Waals surface area contributed by atoms with E-state index in [4.69, 9.17) is 28.8 Å². The van der Waals surface area contributed by atoms with Crippen molar-refractivity contribution in [1.29, 1.82) is 0 Å². The summed E-state index contributed by atoms with van der Waals surface area (Å²) in [7, 11) is 2.96. The second-order valence-corrected chi connectivity index (χ2v) is 19.7. The van der Waals surface area contributed by atoms with Crippen molar-refractivity contribution in [2.75, 3.05) is 60.8 Å².